The minimum atomic E-state index is -0.206. The molecule has 0 saturated carbocycles. The zero-order chi connectivity index (χ0) is 16.2. The molecule has 23 heavy (non-hydrogen) atoms. The van der Waals surface area contributed by atoms with Gasteiger partial charge in [0.1, 0.15) is 5.75 Å². The largest absolute Gasteiger partial charge is 0.507 e. The number of phenolic OH excluding ortho intramolecular Hbond substituents is 1. The molecule has 1 aromatic carbocycles. The predicted molar refractivity (Wildman–Crippen MR) is 84.1 cm³/mol. The molecule has 2 amide bonds. The molecule has 124 valence electrons. The molecule has 1 N–H and O–H groups in total. The molecule has 0 aromatic heterocycles. The summed E-state index contributed by atoms with van der Waals surface area (Å²) >= 11 is 0. The minimum absolute atomic E-state index is 0.0147. The molecule has 1 unspecified atom stereocenters. The van der Waals surface area contributed by atoms with Crippen molar-refractivity contribution in [1.29, 1.82) is 0 Å². The van der Waals surface area contributed by atoms with E-state index in [0.29, 0.717) is 45.0 Å². The summed E-state index contributed by atoms with van der Waals surface area (Å²) in [4.78, 5) is 28.7. The van der Waals surface area contributed by atoms with E-state index < -0.39 is 0 Å². The maximum atomic E-state index is 12.6. The zero-order valence-electron chi connectivity index (χ0n) is 13.1. The topological polar surface area (TPSA) is 70.1 Å². The Bertz CT molecular complexity index is 584. The molecule has 2 aliphatic heterocycles. The molecule has 1 atom stereocenters. The van der Waals surface area contributed by atoms with Crippen molar-refractivity contribution in [2.24, 2.45) is 5.92 Å². The highest BCUT2D eigenvalue weighted by Crippen LogP contribution is 2.24. The average molecular weight is 318 g/mol. The van der Waals surface area contributed by atoms with Gasteiger partial charge in [-0.2, -0.15) is 0 Å². The number of morpholine rings is 1. The van der Waals surface area contributed by atoms with Gasteiger partial charge >= 0.3 is 0 Å². The van der Waals surface area contributed by atoms with Gasteiger partial charge in [0.05, 0.1) is 24.7 Å². The van der Waals surface area contributed by atoms with Crippen molar-refractivity contribution in [1.82, 2.24) is 9.80 Å². The second kappa shape index (κ2) is 7.00. The number of benzene rings is 1. The fourth-order valence-corrected chi connectivity index (χ4v) is 3.23. The molecule has 0 radical (unpaired) electrons. The van der Waals surface area contributed by atoms with Crippen molar-refractivity contribution in [3.8, 4) is 5.75 Å². The highest BCUT2D eigenvalue weighted by Gasteiger charge is 2.32. The van der Waals surface area contributed by atoms with Crippen molar-refractivity contribution < 1.29 is 19.4 Å². The van der Waals surface area contributed by atoms with Crippen LogP contribution >= 0.6 is 0 Å². The maximum absolute atomic E-state index is 12.6. The second-order valence-electron chi connectivity index (χ2n) is 6.05. The molecular weight excluding hydrogens is 296 g/mol. The van der Waals surface area contributed by atoms with Crippen LogP contribution in [0.1, 0.15) is 23.2 Å². The third kappa shape index (κ3) is 3.47. The number of phenols is 1. The lowest BCUT2D eigenvalue weighted by atomic mass is 9.95. The van der Waals surface area contributed by atoms with E-state index in [0.717, 1.165) is 12.8 Å². The third-order valence-corrected chi connectivity index (χ3v) is 4.52. The van der Waals surface area contributed by atoms with E-state index in [9.17, 15) is 14.7 Å². The van der Waals surface area contributed by atoms with E-state index in [1.807, 2.05) is 4.90 Å². The third-order valence-electron chi connectivity index (χ3n) is 4.52. The Hall–Kier alpha value is -2.08. The van der Waals surface area contributed by atoms with Gasteiger partial charge in [0.25, 0.3) is 5.91 Å². The van der Waals surface area contributed by atoms with E-state index in [4.69, 9.17) is 4.74 Å². The zero-order valence-corrected chi connectivity index (χ0v) is 13.1. The number of nitrogens with zero attached hydrogens (tertiary/aromatic N) is 2. The van der Waals surface area contributed by atoms with Crippen molar-refractivity contribution in [2.45, 2.75) is 12.8 Å². The molecule has 6 heteroatoms. The van der Waals surface area contributed by atoms with Gasteiger partial charge in [-0.1, -0.05) is 12.1 Å². The van der Waals surface area contributed by atoms with Crippen LogP contribution in [0.3, 0.4) is 0 Å². The average Bonchev–Trinajstić information content (AvgIpc) is 2.62. The molecule has 6 nitrogen and oxygen atoms in total. The normalized spacial score (nSPS) is 22.0. The first kappa shape index (κ1) is 15.8. The highest BCUT2D eigenvalue weighted by atomic mass is 16.5. The molecule has 2 aliphatic rings. The monoisotopic (exact) mass is 318 g/mol. The SMILES string of the molecule is O=C(c1ccccc1O)N1CCCC(C(=O)N2CCOCC2)C1. The van der Waals surface area contributed by atoms with E-state index in [2.05, 4.69) is 0 Å². The lowest BCUT2D eigenvalue weighted by Gasteiger charge is -2.36. The van der Waals surface area contributed by atoms with Crippen molar-refractivity contribution in [3.63, 3.8) is 0 Å². The molecular formula is C17H22N2O4. The summed E-state index contributed by atoms with van der Waals surface area (Å²) in [6.45, 7) is 3.47. The molecule has 0 spiro atoms. The maximum Gasteiger partial charge on any atom is 0.257 e. The molecule has 2 saturated heterocycles. The Morgan fingerprint density at radius 3 is 2.57 bits per heavy atom. The first-order valence-corrected chi connectivity index (χ1v) is 8.10. The molecule has 0 aliphatic carbocycles. The van der Waals surface area contributed by atoms with Crippen LogP contribution < -0.4 is 0 Å². The lowest BCUT2D eigenvalue weighted by Crippen LogP contribution is -2.49. The minimum Gasteiger partial charge on any atom is -0.507 e. The van der Waals surface area contributed by atoms with Crippen molar-refractivity contribution in [2.75, 3.05) is 39.4 Å². The summed E-state index contributed by atoms with van der Waals surface area (Å²) in [5.74, 6) is -0.263. The van der Waals surface area contributed by atoms with Crippen LogP contribution in [-0.4, -0.2) is 66.1 Å². The van der Waals surface area contributed by atoms with Crippen molar-refractivity contribution >= 4 is 11.8 Å². The number of carbonyl (C=O) groups excluding carboxylic acids is 2. The van der Waals surface area contributed by atoms with Crippen LogP contribution in [0.25, 0.3) is 0 Å². The smallest absolute Gasteiger partial charge is 0.257 e. The molecule has 1 aromatic rings. The summed E-state index contributed by atoms with van der Waals surface area (Å²) < 4.78 is 5.28. The number of likely N-dealkylation sites (tertiary alicyclic amines) is 1. The molecule has 2 heterocycles. The van der Waals surface area contributed by atoms with Gasteiger partial charge in [0.15, 0.2) is 0 Å². The van der Waals surface area contributed by atoms with Gasteiger partial charge in [-0.15, -0.1) is 0 Å². The number of ether oxygens (including phenoxy) is 1. The highest BCUT2D eigenvalue weighted by molar-refractivity contribution is 5.97. The number of rotatable bonds is 2. The van der Waals surface area contributed by atoms with Gasteiger partial charge in [-0.05, 0) is 25.0 Å². The summed E-state index contributed by atoms with van der Waals surface area (Å²) in [7, 11) is 0. The fraction of sp³-hybridized carbons (Fsp3) is 0.529. The van der Waals surface area contributed by atoms with Crippen LogP contribution in [-0.2, 0) is 9.53 Å². The Kier molecular flexibility index (Phi) is 4.81. The number of aromatic hydroxyl groups is 1. The van der Waals surface area contributed by atoms with Gasteiger partial charge in [0.2, 0.25) is 5.91 Å². The quantitative estimate of drug-likeness (QED) is 0.886. The summed E-state index contributed by atoms with van der Waals surface area (Å²) in [5, 5.41) is 9.85. The Morgan fingerprint density at radius 1 is 1.09 bits per heavy atom. The molecule has 3 rings (SSSR count). The van der Waals surface area contributed by atoms with E-state index in [1.54, 1.807) is 23.1 Å². The first-order chi connectivity index (χ1) is 11.2. The predicted octanol–water partition coefficient (Wildman–Crippen LogP) is 1.10. The Labute approximate surface area is 135 Å². The number of hydrogen-bond donors (Lipinski definition) is 1. The van der Waals surface area contributed by atoms with Crippen molar-refractivity contribution in [3.05, 3.63) is 29.8 Å². The van der Waals surface area contributed by atoms with E-state index in [-0.39, 0.29) is 23.5 Å². The van der Waals surface area contributed by atoms with Gasteiger partial charge in [-0.25, -0.2) is 0 Å². The molecule has 0 bridgehead atoms. The van der Waals surface area contributed by atoms with E-state index >= 15 is 0 Å². The number of piperidine rings is 1. The Morgan fingerprint density at radius 2 is 1.83 bits per heavy atom. The lowest BCUT2D eigenvalue weighted by molar-refractivity contribution is -0.141. The van der Waals surface area contributed by atoms with Crippen LogP contribution in [0, 0.1) is 5.92 Å². The number of hydrogen-bond acceptors (Lipinski definition) is 4. The summed E-state index contributed by atoms with van der Waals surface area (Å²) in [6, 6.07) is 6.54. The standard InChI is InChI=1S/C17H22N2O4/c20-15-6-2-1-5-14(15)17(22)19-7-3-4-13(12-19)16(21)18-8-10-23-11-9-18/h1-2,5-6,13,20H,3-4,7-12H2. The Balaban J connectivity index is 1.67. The van der Waals surface area contributed by atoms with Crippen LogP contribution in [0.4, 0.5) is 0 Å². The number of carbonyl (C=O) groups is 2. The van der Waals surface area contributed by atoms with E-state index in [1.165, 1.54) is 6.07 Å². The molecule has 2 fully saturated rings. The van der Waals surface area contributed by atoms with Gasteiger partial charge < -0.3 is 19.6 Å². The number of para-hydroxylation sites is 1. The van der Waals surface area contributed by atoms with Gasteiger partial charge in [0, 0.05) is 26.2 Å². The second-order valence-corrected chi connectivity index (χ2v) is 6.05. The fourth-order valence-electron chi connectivity index (χ4n) is 3.23. The first-order valence-electron chi connectivity index (χ1n) is 8.10. The summed E-state index contributed by atoms with van der Waals surface area (Å²) in [5.41, 5.74) is 0.298. The van der Waals surface area contributed by atoms with Crippen LogP contribution in [0.5, 0.6) is 5.75 Å². The number of amides is 2. The van der Waals surface area contributed by atoms with Gasteiger partial charge in [-0.3, -0.25) is 9.59 Å². The van der Waals surface area contributed by atoms with Crippen LogP contribution in [0.15, 0.2) is 24.3 Å². The summed E-state index contributed by atoms with van der Waals surface area (Å²) in [6.07, 6.45) is 1.61. The van der Waals surface area contributed by atoms with Crippen LogP contribution in [0.2, 0.25) is 0 Å².